The van der Waals surface area contributed by atoms with Crippen LogP contribution in [0.1, 0.15) is 13.8 Å². The van der Waals surface area contributed by atoms with E-state index in [9.17, 15) is 9.59 Å². The number of hydrogen-bond acceptors (Lipinski definition) is 4. The van der Waals surface area contributed by atoms with Crippen molar-refractivity contribution in [3.8, 4) is 5.75 Å². The van der Waals surface area contributed by atoms with E-state index in [1.807, 2.05) is 38.1 Å². The molecule has 2 amide bonds. The van der Waals surface area contributed by atoms with Crippen LogP contribution in [0.25, 0.3) is 0 Å². The maximum Gasteiger partial charge on any atom is 0.243 e. The summed E-state index contributed by atoms with van der Waals surface area (Å²) in [5.41, 5.74) is 1.98. The molecule has 0 fully saturated rings. The van der Waals surface area contributed by atoms with Crippen LogP contribution in [0.15, 0.2) is 61.2 Å². The maximum atomic E-state index is 12.2. The van der Waals surface area contributed by atoms with Crippen LogP contribution in [0.2, 0.25) is 0 Å². The number of carbonyl (C=O) groups excluding carboxylic acids is 2. The minimum Gasteiger partial charge on any atom is -0.487 e. The first-order chi connectivity index (χ1) is 13.0. The van der Waals surface area contributed by atoms with E-state index in [0.29, 0.717) is 23.7 Å². The van der Waals surface area contributed by atoms with Gasteiger partial charge >= 0.3 is 0 Å². The van der Waals surface area contributed by atoms with E-state index in [4.69, 9.17) is 4.74 Å². The Bertz CT molecular complexity index is 803. The molecule has 3 N–H and O–H groups in total. The van der Waals surface area contributed by atoms with Crippen molar-refractivity contribution >= 4 is 28.9 Å². The topological polar surface area (TPSA) is 79.5 Å². The van der Waals surface area contributed by atoms with E-state index >= 15 is 0 Å². The molecular weight excluding hydrogens is 342 g/mol. The summed E-state index contributed by atoms with van der Waals surface area (Å²) in [5.74, 6) is 0.261. The predicted molar refractivity (Wildman–Crippen MR) is 109 cm³/mol. The molecule has 142 valence electrons. The van der Waals surface area contributed by atoms with Gasteiger partial charge in [-0.2, -0.15) is 0 Å². The zero-order chi connectivity index (χ0) is 19.6. The van der Waals surface area contributed by atoms with Gasteiger partial charge in [0.15, 0.2) is 0 Å². The van der Waals surface area contributed by atoms with E-state index < -0.39 is 0 Å². The highest BCUT2D eigenvalue weighted by Crippen LogP contribution is 2.23. The molecular formula is C21H25N3O3. The second-order valence-corrected chi connectivity index (χ2v) is 6.22. The summed E-state index contributed by atoms with van der Waals surface area (Å²) in [5, 5.41) is 8.68. The van der Waals surface area contributed by atoms with Crippen LogP contribution in [-0.2, 0) is 9.59 Å². The van der Waals surface area contributed by atoms with Crippen LogP contribution in [0.5, 0.6) is 5.75 Å². The van der Waals surface area contributed by atoms with Crippen molar-refractivity contribution in [3.63, 3.8) is 0 Å². The molecule has 0 saturated heterocycles. The third-order valence-corrected chi connectivity index (χ3v) is 3.62. The average Bonchev–Trinajstić information content (AvgIpc) is 2.65. The number of anilines is 3. The summed E-state index contributed by atoms with van der Waals surface area (Å²) in [7, 11) is 0. The van der Waals surface area contributed by atoms with E-state index in [2.05, 4.69) is 22.5 Å². The molecule has 27 heavy (non-hydrogen) atoms. The van der Waals surface area contributed by atoms with Gasteiger partial charge in [0.2, 0.25) is 11.8 Å². The zero-order valence-electron chi connectivity index (χ0n) is 15.6. The van der Waals surface area contributed by atoms with Crippen molar-refractivity contribution in [1.82, 2.24) is 0 Å². The van der Waals surface area contributed by atoms with E-state index in [0.717, 1.165) is 5.69 Å². The lowest BCUT2D eigenvalue weighted by Crippen LogP contribution is -2.22. The highest BCUT2D eigenvalue weighted by atomic mass is 16.5. The first-order valence-corrected chi connectivity index (χ1v) is 8.77. The van der Waals surface area contributed by atoms with E-state index in [1.165, 1.54) is 0 Å². The SMILES string of the molecule is C=CCOc1ccccc1NCC(=O)Nc1cccc(NC(=O)C(C)C)c1. The Hall–Kier alpha value is -3.28. The van der Waals surface area contributed by atoms with Crippen LogP contribution < -0.4 is 20.7 Å². The Balaban J connectivity index is 1.93. The van der Waals surface area contributed by atoms with Gasteiger partial charge in [-0.15, -0.1) is 0 Å². The van der Waals surface area contributed by atoms with Crippen LogP contribution in [0, 0.1) is 5.92 Å². The smallest absolute Gasteiger partial charge is 0.243 e. The summed E-state index contributed by atoms with van der Waals surface area (Å²) >= 11 is 0. The minimum atomic E-state index is -0.208. The van der Waals surface area contributed by atoms with Crippen molar-refractivity contribution in [2.75, 3.05) is 29.1 Å². The molecule has 0 aliphatic rings. The number of rotatable bonds is 9. The lowest BCUT2D eigenvalue weighted by Gasteiger charge is -2.13. The fourth-order valence-electron chi connectivity index (χ4n) is 2.23. The van der Waals surface area contributed by atoms with E-state index in [-0.39, 0.29) is 24.3 Å². The minimum absolute atomic E-state index is 0.0729. The van der Waals surface area contributed by atoms with Crippen molar-refractivity contribution in [3.05, 3.63) is 61.2 Å². The number of para-hydroxylation sites is 2. The highest BCUT2D eigenvalue weighted by molar-refractivity contribution is 5.96. The first kappa shape index (κ1) is 20.0. The van der Waals surface area contributed by atoms with Crippen LogP contribution >= 0.6 is 0 Å². The fourth-order valence-corrected chi connectivity index (χ4v) is 2.23. The second-order valence-electron chi connectivity index (χ2n) is 6.22. The van der Waals surface area contributed by atoms with Gasteiger partial charge in [-0.05, 0) is 30.3 Å². The Kier molecular flexibility index (Phi) is 7.43. The van der Waals surface area contributed by atoms with Gasteiger partial charge in [0, 0.05) is 17.3 Å². The molecule has 0 aliphatic heterocycles. The lowest BCUT2D eigenvalue weighted by atomic mass is 10.2. The van der Waals surface area contributed by atoms with Gasteiger partial charge < -0.3 is 20.7 Å². The van der Waals surface area contributed by atoms with Crippen LogP contribution in [-0.4, -0.2) is 25.0 Å². The molecule has 6 nitrogen and oxygen atoms in total. The van der Waals surface area contributed by atoms with Gasteiger partial charge in [0.1, 0.15) is 12.4 Å². The van der Waals surface area contributed by atoms with E-state index in [1.54, 1.807) is 30.3 Å². The van der Waals surface area contributed by atoms with Crippen molar-refractivity contribution in [2.24, 2.45) is 5.92 Å². The quantitative estimate of drug-likeness (QED) is 0.587. The summed E-state index contributed by atoms with van der Waals surface area (Å²) in [4.78, 5) is 24.0. The number of amides is 2. The first-order valence-electron chi connectivity index (χ1n) is 8.77. The fraction of sp³-hybridized carbons (Fsp3) is 0.238. The van der Waals surface area contributed by atoms with Gasteiger partial charge in [-0.25, -0.2) is 0 Å². The molecule has 0 radical (unpaired) electrons. The molecule has 0 unspecified atom stereocenters. The average molecular weight is 367 g/mol. The molecule has 0 aromatic heterocycles. The Morgan fingerprint density at radius 2 is 1.78 bits per heavy atom. The normalized spacial score (nSPS) is 10.2. The summed E-state index contributed by atoms with van der Waals surface area (Å²) in [6, 6.07) is 14.4. The van der Waals surface area contributed by atoms with Gasteiger partial charge in [-0.1, -0.05) is 44.7 Å². The molecule has 6 heteroatoms. The summed E-state index contributed by atoms with van der Waals surface area (Å²) in [6.07, 6.45) is 1.66. The molecule has 2 rings (SSSR count). The Morgan fingerprint density at radius 1 is 1.07 bits per heavy atom. The van der Waals surface area contributed by atoms with Crippen molar-refractivity contribution in [2.45, 2.75) is 13.8 Å². The van der Waals surface area contributed by atoms with Gasteiger partial charge in [0.05, 0.1) is 12.2 Å². The number of benzene rings is 2. The molecule has 2 aromatic carbocycles. The molecule has 0 aliphatic carbocycles. The monoisotopic (exact) mass is 367 g/mol. The molecule has 0 bridgehead atoms. The Morgan fingerprint density at radius 3 is 2.48 bits per heavy atom. The third-order valence-electron chi connectivity index (χ3n) is 3.62. The van der Waals surface area contributed by atoms with Gasteiger partial charge in [0.25, 0.3) is 0 Å². The number of ether oxygens (including phenoxy) is 1. The maximum absolute atomic E-state index is 12.2. The standard InChI is InChI=1S/C21H25N3O3/c1-4-12-27-19-11-6-5-10-18(19)22-14-20(25)23-16-8-7-9-17(13-16)24-21(26)15(2)3/h4-11,13,15,22H,1,12,14H2,2-3H3,(H,23,25)(H,24,26). The second kappa shape index (κ2) is 10.0. The summed E-state index contributed by atoms with van der Waals surface area (Å²) < 4.78 is 5.56. The Labute approximate surface area is 159 Å². The molecule has 0 atom stereocenters. The largest absolute Gasteiger partial charge is 0.487 e. The molecule has 2 aromatic rings. The zero-order valence-corrected chi connectivity index (χ0v) is 15.6. The van der Waals surface area contributed by atoms with Crippen LogP contribution in [0.4, 0.5) is 17.1 Å². The van der Waals surface area contributed by atoms with Crippen molar-refractivity contribution < 1.29 is 14.3 Å². The third kappa shape index (κ3) is 6.51. The number of nitrogens with one attached hydrogen (secondary N) is 3. The number of carbonyl (C=O) groups is 2. The molecule has 0 heterocycles. The summed E-state index contributed by atoms with van der Waals surface area (Å²) in [6.45, 7) is 7.74. The number of hydrogen-bond donors (Lipinski definition) is 3. The lowest BCUT2D eigenvalue weighted by molar-refractivity contribution is -0.119. The molecule has 0 spiro atoms. The predicted octanol–water partition coefficient (Wildman–Crippen LogP) is 3.90. The molecule has 0 saturated carbocycles. The van der Waals surface area contributed by atoms with Gasteiger partial charge in [-0.3, -0.25) is 9.59 Å². The van der Waals surface area contributed by atoms with Crippen molar-refractivity contribution in [1.29, 1.82) is 0 Å². The highest BCUT2D eigenvalue weighted by Gasteiger charge is 2.09. The van der Waals surface area contributed by atoms with Crippen LogP contribution in [0.3, 0.4) is 0 Å².